The Bertz CT molecular complexity index is 603. The fourth-order valence-corrected chi connectivity index (χ4v) is 4.99. The molecule has 3 aliphatic rings. The molecule has 4 heteroatoms. The first-order valence-corrected chi connectivity index (χ1v) is 9.42. The number of carbonyl (C=O) groups excluding carboxylic acids is 1. The molecule has 0 spiro atoms. The van der Waals surface area contributed by atoms with Crippen LogP contribution in [0.5, 0.6) is 0 Å². The van der Waals surface area contributed by atoms with E-state index in [4.69, 9.17) is 4.74 Å². The van der Waals surface area contributed by atoms with Crippen LogP contribution in [0.15, 0.2) is 24.3 Å². The Kier molecular flexibility index (Phi) is 4.35. The predicted octanol–water partition coefficient (Wildman–Crippen LogP) is 3.00. The van der Waals surface area contributed by atoms with Crippen molar-refractivity contribution in [1.82, 2.24) is 4.90 Å². The van der Waals surface area contributed by atoms with Crippen molar-refractivity contribution in [3.05, 3.63) is 29.8 Å². The number of nitrogens with zero attached hydrogens (tertiary/aromatic N) is 2. The van der Waals surface area contributed by atoms with Gasteiger partial charge >= 0.3 is 0 Å². The Morgan fingerprint density at radius 1 is 1.21 bits per heavy atom. The van der Waals surface area contributed by atoms with Gasteiger partial charge in [0.2, 0.25) is 5.91 Å². The van der Waals surface area contributed by atoms with Crippen LogP contribution in [0.25, 0.3) is 0 Å². The number of hydrogen-bond donors (Lipinski definition) is 0. The van der Waals surface area contributed by atoms with E-state index in [0.29, 0.717) is 12.3 Å². The first-order valence-electron chi connectivity index (χ1n) is 9.42. The Hall–Kier alpha value is -1.39. The lowest BCUT2D eigenvalue weighted by molar-refractivity contribution is -0.123. The number of fused-ring (bicyclic) bond motifs is 1. The van der Waals surface area contributed by atoms with Gasteiger partial charge in [-0.3, -0.25) is 9.69 Å². The molecule has 130 valence electrons. The average Bonchev–Trinajstić information content (AvgIpc) is 3.20. The topological polar surface area (TPSA) is 32.8 Å². The summed E-state index contributed by atoms with van der Waals surface area (Å²) in [7, 11) is 0. The molecule has 24 heavy (non-hydrogen) atoms. The van der Waals surface area contributed by atoms with Crippen molar-refractivity contribution in [2.45, 2.75) is 57.0 Å². The number of anilines is 1. The summed E-state index contributed by atoms with van der Waals surface area (Å²) in [6.07, 6.45) is 6.44. The molecule has 4 nitrogen and oxygen atoms in total. The summed E-state index contributed by atoms with van der Waals surface area (Å²) >= 11 is 0. The molecule has 1 atom stereocenters. The zero-order valence-corrected chi connectivity index (χ0v) is 14.7. The molecular formula is C20H28N2O2. The number of carbonyl (C=O) groups is 1. The maximum atomic E-state index is 13.3. The van der Waals surface area contributed by atoms with Gasteiger partial charge in [-0.25, -0.2) is 0 Å². The molecule has 1 aliphatic carbocycles. The van der Waals surface area contributed by atoms with Crippen LogP contribution < -0.4 is 4.90 Å². The van der Waals surface area contributed by atoms with Gasteiger partial charge in [-0.2, -0.15) is 0 Å². The third-order valence-corrected chi connectivity index (χ3v) is 6.17. The minimum atomic E-state index is 0.0676. The summed E-state index contributed by atoms with van der Waals surface area (Å²) in [5.74, 6) is 0.306. The highest BCUT2D eigenvalue weighted by atomic mass is 16.5. The summed E-state index contributed by atoms with van der Waals surface area (Å²) in [6, 6.07) is 8.66. The van der Waals surface area contributed by atoms with Crippen molar-refractivity contribution in [3.8, 4) is 0 Å². The Balaban J connectivity index is 1.55. The lowest BCUT2D eigenvalue weighted by atomic mass is 9.89. The smallest absolute Gasteiger partial charge is 0.229 e. The van der Waals surface area contributed by atoms with E-state index in [0.717, 1.165) is 51.3 Å². The van der Waals surface area contributed by atoms with Gasteiger partial charge in [0.25, 0.3) is 0 Å². The third-order valence-electron chi connectivity index (χ3n) is 6.17. The Morgan fingerprint density at radius 3 is 2.67 bits per heavy atom. The van der Waals surface area contributed by atoms with Crippen LogP contribution in [-0.2, 0) is 16.0 Å². The van der Waals surface area contributed by atoms with Crippen LogP contribution in [-0.4, -0.2) is 48.7 Å². The predicted molar refractivity (Wildman–Crippen MR) is 95.3 cm³/mol. The molecule has 0 aromatic heterocycles. The standard InChI is InChI=1S/C20H28N2O2/c1-16-14-17-6-2-3-7-18(17)22(16)19(23)15-20(8-4-5-9-20)21-10-12-24-13-11-21/h2-3,6-7,16H,4-5,8-15H2,1H3. The van der Waals surface area contributed by atoms with E-state index in [1.807, 2.05) is 6.07 Å². The fourth-order valence-electron chi connectivity index (χ4n) is 4.99. The highest BCUT2D eigenvalue weighted by Gasteiger charge is 2.44. The van der Waals surface area contributed by atoms with Crippen LogP contribution >= 0.6 is 0 Å². The number of benzene rings is 1. The molecule has 1 aromatic carbocycles. The molecule has 1 unspecified atom stereocenters. The summed E-state index contributed by atoms with van der Waals surface area (Å²) in [6.45, 7) is 5.73. The highest BCUT2D eigenvalue weighted by Crippen LogP contribution is 2.41. The van der Waals surface area contributed by atoms with E-state index < -0.39 is 0 Å². The van der Waals surface area contributed by atoms with Crippen molar-refractivity contribution in [2.24, 2.45) is 0 Å². The molecule has 1 aromatic rings. The Morgan fingerprint density at radius 2 is 1.92 bits per heavy atom. The van der Waals surface area contributed by atoms with Crippen molar-refractivity contribution < 1.29 is 9.53 Å². The van der Waals surface area contributed by atoms with Crippen molar-refractivity contribution >= 4 is 11.6 Å². The zero-order chi connectivity index (χ0) is 16.6. The first-order chi connectivity index (χ1) is 11.7. The van der Waals surface area contributed by atoms with Gasteiger partial charge in [0, 0.05) is 36.8 Å². The lowest BCUT2D eigenvalue weighted by Crippen LogP contribution is -2.54. The molecule has 1 saturated heterocycles. The first kappa shape index (κ1) is 16.1. The van der Waals surface area contributed by atoms with Crippen LogP contribution in [0.4, 0.5) is 5.69 Å². The van der Waals surface area contributed by atoms with Crippen LogP contribution in [0.3, 0.4) is 0 Å². The normalized spacial score (nSPS) is 26.5. The Labute approximate surface area is 144 Å². The molecule has 4 rings (SSSR count). The van der Waals surface area contributed by atoms with Crippen LogP contribution in [0, 0.1) is 0 Å². The second-order valence-electron chi connectivity index (χ2n) is 7.65. The van der Waals surface area contributed by atoms with E-state index in [2.05, 4.69) is 34.9 Å². The third kappa shape index (κ3) is 2.76. The number of morpholine rings is 1. The van der Waals surface area contributed by atoms with E-state index in [1.165, 1.54) is 18.4 Å². The van der Waals surface area contributed by atoms with E-state index in [9.17, 15) is 4.79 Å². The zero-order valence-electron chi connectivity index (χ0n) is 14.7. The summed E-state index contributed by atoms with van der Waals surface area (Å²) in [5.41, 5.74) is 2.51. The van der Waals surface area contributed by atoms with Crippen molar-refractivity contribution in [3.63, 3.8) is 0 Å². The quantitative estimate of drug-likeness (QED) is 0.855. The fraction of sp³-hybridized carbons (Fsp3) is 0.650. The minimum Gasteiger partial charge on any atom is -0.379 e. The number of ether oxygens (including phenoxy) is 1. The van der Waals surface area contributed by atoms with Gasteiger partial charge in [-0.15, -0.1) is 0 Å². The number of rotatable bonds is 3. The van der Waals surface area contributed by atoms with Gasteiger partial charge in [-0.1, -0.05) is 31.0 Å². The lowest BCUT2D eigenvalue weighted by Gasteiger charge is -2.44. The maximum Gasteiger partial charge on any atom is 0.229 e. The van der Waals surface area contributed by atoms with Gasteiger partial charge < -0.3 is 9.64 Å². The average molecular weight is 328 g/mol. The van der Waals surface area contributed by atoms with E-state index in [-0.39, 0.29) is 11.6 Å². The van der Waals surface area contributed by atoms with E-state index >= 15 is 0 Å². The largest absolute Gasteiger partial charge is 0.379 e. The van der Waals surface area contributed by atoms with E-state index in [1.54, 1.807) is 0 Å². The number of para-hydroxylation sites is 1. The van der Waals surface area contributed by atoms with Crippen LogP contribution in [0.1, 0.15) is 44.6 Å². The molecule has 0 bridgehead atoms. The molecule has 2 heterocycles. The number of hydrogen-bond acceptors (Lipinski definition) is 3. The highest BCUT2D eigenvalue weighted by molar-refractivity contribution is 5.96. The molecule has 0 N–H and O–H groups in total. The molecule has 1 amide bonds. The van der Waals surface area contributed by atoms with Gasteiger partial charge in [0.15, 0.2) is 0 Å². The summed E-state index contributed by atoms with van der Waals surface area (Å²) in [4.78, 5) is 17.9. The number of amides is 1. The molecule has 2 fully saturated rings. The monoisotopic (exact) mass is 328 g/mol. The van der Waals surface area contributed by atoms with Crippen LogP contribution in [0.2, 0.25) is 0 Å². The van der Waals surface area contributed by atoms with Gasteiger partial charge in [0.1, 0.15) is 0 Å². The van der Waals surface area contributed by atoms with Crippen molar-refractivity contribution in [1.29, 1.82) is 0 Å². The molecular weight excluding hydrogens is 300 g/mol. The SMILES string of the molecule is CC1Cc2ccccc2N1C(=O)CC1(N2CCOCC2)CCCC1. The summed E-state index contributed by atoms with van der Waals surface area (Å²) in [5, 5.41) is 0. The molecule has 0 radical (unpaired) electrons. The maximum absolute atomic E-state index is 13.3. The van der Waals surface area contributed by atoms with Gasteiger partial charge in [0.05, 0.1) is 13.2 Å². The summed E-state index contributed by atoms with van der Waals surface area (Å²) < 4.78 is 5.54. The second-order valence-corrected chi connectivity index (χ2v) is 7.65. The minimum absolute atomic E-state index is 0.0676. The molecule has 1 saturated carbocycles. The van der Waals surface area contributed by atoms with Crippen molar-refractivity contribution in [2.75, 3.05) is 31.2 Å². The molecule has 2 aliphatic heterocycles. The second kappa shape index (κ2) is 6.49. The van der Waals surface area contributed by atoms with Gasteiger partial charge in [-0.05, 0) is 37.8 Å².